The van der Waals surface area contributed by atoms with Crippen molar-refractivity contribution in [3.05, 3.63) is 51.6 Å². The smallest absolute Gasteiger partial charge is 0.202 e. The molecule has 2 aromatic carbocycles. The minimum atomic E-state index is -1.55. The SMILES string of the molecule is COc1cccc2c1C(=O)c1c(O)c3c(c(O)c1C2=O)C[C@@](O)(CCO)C[C@@H]3O[C@H]1C[C@H](N(C)C)[C@H](O)[C@H](C)O1. The summed E-state index contributed by atoms with van der Waals surface area (Å²) in [7, 11) is 5.01. The number of carbonyl (C=O) groups excluding carboxylic acids is 2. The van der Waals surface area contributed by atoms with Crippen molar-refractivity contribution in [1.29, 1.82) is 0 Å². The number of aliphatic hydroxyl groups is 3. The molecule has 0 spiro atoms. The number of fused-ring (bicyclic) bond motifs is 3. The van der Waals surface area contributed by atoms with E-state index in [1.165, 1.54) is 19.2 Å². The molecule has 5 rings (SSSR count). The van der Waals surface area contributed by atoms with Crippen LogP contribution in [0.3, 0.4) is 0 Å². The van der Waals surface area contributed by atoms with Gasteiger partial charge in [-0.1, -0.05) is 12.1 Å². The second-order valence-corrected chi connectivity index (χ2v) is 11.1. The molecule has 11 heteroatoms. The standard InChI is InChI=1S/C29H35NO10/c1-13-24(32)16(30(2)3)10-19(39-13)40-18-12-29(37,8-9-31)11-15-21(18)28(36)23-22(26(15)34)25(33)14-6-5-7-17(38-4)20(14)27(23)35/h5-7,13,16,18-19,24,31-32,34,36-37H,8-12H2,1-4H3/t13-,16-,18-,19-,24+,29-/m0/s1. The van der Waals surface area contributed by atoms with Crippen LogP contribution in [0.15, 0.2) is 18.2 Å². The maximum absolute atomic E-state index is 13.7. The van der Waals surface area contributed by atoms with Gasteiger partial charge in [0.15, 0.2) is 12.1 Å². The van der Waals surface area contributed by atoms with Gasteiger partial charge in [-0.25, -0.2) is 0 Å². The van der Waals surface area contributed by atoms with Gasteiger partial charge in [0.2, 0.25) is 5.78 Å². The minimum absolute atomic E-state index is 0.0190. The van der Waals surface area contributed by atoms with Crippen molar-refractivity contribution in [3.63, 3.8) is 0 Å². The molecule has 2 aliphatic carbocycles. The summed E-state index contributed by atoms with van der Waals surface area (Å²) in [5.74, 6) is -2.26. The van der Waals surface area contributed by atoms with E-state index in [-0.39, 0.29) is 77.5 Å². The predicted molar refractivity (Wildman–Crippen MR) is 141 cm³/mol. The molecule has 1 saturated heterocycles. The lowest BCUT2D eigenvalue weighted by atomic mass is 9.72. The third kappa shape index (κ3) is 4.47. The molecule has 2 aromatic rings. The van der Waals surface area contributed by atoms with Crippen LogP contribution in [0.5, 0.6) is 17.2 Å². The molecule has 5 N–H and O–H groups in total. The molecule has 0 unspecified atom stereocenters. The largest absolute Gasteiger partial charge is 0.507 e. The van der Waals surface area contributed by atoms with Gasteiger partial charge in [0.1, 0.15) is 17.2 Å². The van der Waals surface area contributed by atoms with E-state index in [0.29, 0.717) is 0 Å². The van der Waals surface area contributed by atoms with Crippen LogP contribution < -0.4 is 4.74 Å². The Morgan fingerprint density at radius 2 is 1.80 bits per heavy atom. The Morgan fingerprint density at radius 1 is 1.10 bits per heavy atom. The molecule has 0 bridgehead atoms. The summed E-state index contributed by atoms with van der Waals surface area (Å²) in [6.07, 6.45) is -3.37. The molecule has 11 nitrogen and oxygen atoms in total. The molecule has 0 radical (unpaired) electrons. The monoisotopic (exact) mass is 557 g/mol. The zero-order valence-electron chi connectivity index (χ0n) is 22.9. The van der Waals surface area contributed by atoms with Crippen LogP contribution in [-0.2, 0) is 15.9 Å². The highest BCUT2D eigenvalue weighted by molar-refractivity contribution is 6.31. The van der Waals surface area contributed by atoms with E-state index in [1.54, 1.807) is 13.0 Å². The van der Waals surface area contributed by atoms with Crippen LogP contribution in [0.2, 0.25) is 0 Å². The first-order valence-corrected chi connectivity index (χ1v) is 13.3. The third-order valence-corrected chi connectivity index (χ3v) is 8.39. The van der Waals surface area contributed by atoms with E-state index in [1.807, 2.05) is 19.0 Å². The van der Waals surface area contributed by atoms with Crippen LogP contribution in [0.4, 0.5) is 0 Å². The summed E-state index contributed by atoms with van der Waals surface area (Å²) in [5, 5.41) is 54.7. The number of methoxy groups -OCH3 is 1. The molecule has 40 heavy (non-hydrogen) atoms. The molecule has 0 aromatic heterocycles. The van der Waals surface area contributed by atoms with E-state index in [4.69, 9.17) is 14.2 Å². The van der Waals surface area contributed by atoms with Gasteiger partial charge >= 0.3 is 0 Å². The minimum Gasteiger partial charge on any atom is -0.507 e. The van der Waals surface area contributed by atoms with Gasteiger partial charge in [0.25, 0.3) is 0 Å². The lowest BCUT2D eigenvalue weighted by Crippen LogP contribution is -2.53. The van der Waals surface area contributed by atoms with E-state index < -0.39 is 53.3 Å². The molecule has 1 fully saturated rings. The number of hydrogen-bond donors (Lipinski definition) is 5. The molecular weight excluding hydrogens is 522 g/mol. The van der Waals surface area contributed by atoms with Crippen LogP contribution >= 0.6 is 0 Å². The maximum Gasteiger partial charge on any atom is 0.202 e. The number of ether oxygens (including phenoxy) is 3. The molecular formula is C29H35NO10. The van der Waals surface area contributed by atoms with E-state index in [9.17, 15) is 35.1 Å². The average molecular weight is 558 g/mol. The van der Waals surface area contributed by atoms with Crippen molar-refractivity contribution < 1.29 is 49.3 Å². The first-order chi connectivity index (χ1) is 18.9. The zero-order valence-corrected chi connectivity index (χ0v) is 22.9. The molecule has 1 heterocycles. The topological polar surface area (TPSA) is 166 Å². The number of hydrogen-bond acceptors (Lipinski definition) is 11. The summed E-state index contributed by atoms with van der Waals surface area (Å²) < 4.78 is 17.5. The number of nitrogens with zero attached hydrogens (tertiary/aromatic N) is 1. The Morgan fingerprint density at radius 3 is 2.45 bits per heavy atom. The van der Waals surface area contributed by atoms with Gasteiger partial charge in [-0.05, 0) is 33.5 Å². The number of benzene rings is 2. The number of phenols is 2. The normalized spacial score (nSPS) is 29.6. The van der Waals surface area contributed by atoms with Crippen molar-refractivity contribution in [3.8, 4) is 17.2 Å². The second-order valence-electron chi connectivity index (χ2n) is 11.1. The van der Waals surface area contributed by atoms with Crippen molar-refractivity contribution in [2.45, 2.75) is 68.9 Å². The molecule has 0 saturated carbocycles. The first-order valence-electron chi connectivity index (χ1n) is 13.3. The van der Waals surface area contributed by atoms with E-state index in [0.717, 1.165) is 0 Å². The number of aromatic hydroxyl groups is 2. The molecule has 216 valence electrons. The lowest BCUT2D eigenvalue weighted by molar-refractivity contribution is -0.257. The predicted octanol–water partition coefficient (Wildman–Crippen LogP) is 1.43. The number of phenolic OH excluding ortho intramolecular Hbond substituents is 2. The van der Waals surface area contributed by atoms with Gasteiger partial charge in [-0.2, -0.15) is 0 Å². The lowest BCUT2D eigenvalue weighted by Gasteiger charge is -2.44. The summed E-state index contributed by atoms with van der Waals surface area (Å²) in [4.78, 5) is 29.2. The van der Waals surface area contributed by atoms with Crippen LogP contribution in [0, 0.1) is 0 Å². The highest BCUT2D eigenvalue weighted by Crippen LogP contribution is 2.53. The Bertz CT molecular complexity index is 1360. The van der Waals surface area contributed by atoms with Gasteiger partial charge < -0.3 is 44.6 Å². The summed E-state index contributed by atoms with van der Waals surface area (Å²) in [6.45, 7) is 1.36. The van der Waals surface area contributed by atoms with Crippen molar-refractivity contribution >= 4 is 11.6 Å². The number of rotatable bonds is 6. The maximum atomic E-state index is 13.7. The third-order valence-electron chi connectivity index (χ3n) is 8.39. The summed E-state index contributed by atoms with van der Waals surface area (Å²) >= 11 is 0. The highest BCUT2D eigenvalue weighted by Gasteiger charge is 2.48. The number of ketones is 2. The van der Waals surface area contributed by atoms with Crippen molar-refractivity contribution in [2.24, 2.45) is 0 Å². The number of carbonyl (C=O) groups is 2. The fourth-order valence-corrected chi connectivity index (χ4v) is 6.32. The van der Waals surface area contributed by atoms with Crippen LogP contribution in [-0.4, -0.2) is 100.0 Å². The van der Waals surface area contributed by atoms with Gasteiger partial charge in [-0.15, -0.1) is 0 Å². The van der Waals surface area contributed by atoms with Crippen LogP contribution in [0.1, 0.15) is 75.3 Å². The quantitative estimate of drug-likeness (QED) is 0.278. The first kappa shape index (κ1) is 28.5. The highest BCUT2D eigenvalue weighted by atomic mass is 16.7. The summed E-state index contributed by atoms with van der Waals surface area (Å²) in [5.41, 5.74) is -2.13. The van der Waals surface area contributed by atoms with Gasteiger partial charge in [-0.3, -0.25) is 9.59 Å². The Kier molecular flexibility index (Phi) is 7.40. The molecule has 3 aliphatic rings. The molecule has 1 aliphatic heterocycles. The Balaban J connectivity index is 1.65. The van der Waals surface area contributed by atoms with Crippen molar-refractivity contribution in [2.75, 3.05) is 27.8 Å². The number of aliphatic hydroxyl groups excluding tert-OH is 2. The second kappa shape index (κ2) is 10.4. The van der Waals surface area contributed by atoms with Gasteiger partial charge in [0, 0.05) is 48.6 Å². The van der Waals surface area contributed by atoms with E-state index >= 15 is 0 Å². The number of likely N-dealkylation sites (N-methyl/N-ethyl adjacent to an activating group) is 1. The fourth-order valence-electron chi connectivity index (χ4n) is 6.32. The summed E-state index contributed by atoms with van der Waals surface area (Å²) in [6, 6.07) is 4.22. The average Bonchev–Trinajstić information content (AvgIpc) is 2.90. The van der Waals surface area contributed by atoms with Crippen LogP contribution in [0.25, 0.3) is 0 Å². The van der Waals surface area contributed by atoms with E-state index in [2.05, 4.69) is 0 Å². The zero-order chi connectivity index (χ0) is 29.1. The molecule has 6 atom stereocenters. The Labute approximate surface area is 231 Å². The molecule has 0 amide bonds. The Hall–Kier alpha value is -3.06. The fraction of sp³-hybridized carbons (Fsp3) is 0.517. The van der Waals surface area contributed by atoms with Crippen molar-refractivity contribution in [1.82, 2.24) is 4.90 Å². The van der Waals surface area contributed by atoms with Gasteiger partial charge in [0.05, 0.1) is 47.7 Å².